The summed E-state index contributed by atoms with van der Waals surface area (Å²) in [4.78, 5) is 0. The lowest BCUT2D eigenvalue weighted by Gasteiger charge is -2.13. The lowest BCUT2D eigenvalue weighted by Crippen LogP contribution is -2.25. The highest BCUT2D eigenvalue weighted by atomic mass is 32.2. The Morgan fingerprint density at radius 2 is 1.32 bits per heavy atom. The van der Waals surface area contributed by atoms with Gasteiger partial charge in [-0.3, -0.25) is 8.47 Å². The van der Waals surface area contributed by atoms with Crippen LogP contribution < -0.4 is 9.47 Å². The summed E-state index contributed by atoms with van der Waals surface area (Å²) in [7, 11) is -7.72. The highest BCUT2D eigenvalue weighted by Crippen LogP contribution is 2.25. The van der Waals surface area contributed by atoms with Crippen LogP contribution in [-0.4, -0.2) is 60.0 Å². The number of ether oxygens (including phenoxy) is 2. The van der Waals surface area contributed by atoms with Crippen LogP contribution in [0, 0.1) is 0 Å². The zero-order valence-electron chi connectivity index (χ0n) is 22.5. The SMILES string of the molecule is CCCS(=O)(=O)OCC(C)c1ccc(OCCCOc2ccc(/C(=N/OS(=O)(=O)CCC)C(F)(F)F)cc2)cc1. The lowest BCUT2D eigenvalue weighted by molar-refractivity contribution is -0.0597. The third kappa shape index (κ3) is 11.7. The number of nitrogens with zero attached hydrogens (tertiary/aromatic N) is 1. The van der Waals surface area contributed by atoms with Gasteiger partial charge in [0.25, 0.3) is 10.1 Å². The first-order valence-corrected chi connectivity index (χ1v) is 15.8. The third-order valence-corrected chi connectivity index (χ3v) is 7.93. The van der Waals surface area contributed by atoms with E-state index in [1.165, 1.54) is 12.1 Å². The summed E-state index contributed by atoms with van der Waals surface area (Å²) in [6.45, 7) is 5.79. The summed E-state index contributed by atoms with van der Waals surface area (Å²) in [5.41, 5.74) is -0.943. The molecule has 0 N–H and O–H groups in total. The molecular weight excluding hydrogens is 575 g/mol. The number of oxime groups is 1. The van der Waals surface area contributed by atoms with Crippen LogP contribution in [0.3, 0.4) is 0 Å². The molecule has 0 amide bonds. The van der Waals surface area contributed by atoms with Crippen molar-refractivity contribution < 1.29 is 47.9 Å². The highest BCUT2D eigenvalue weighted by molar-refractivity contribution is 7.86. The van der Waals surface area contributed by atoms with Crippen LogP contribution >= 0.6 is 0 Å². The largest absolute Gasteiger partial charge is 0.493 e. The summed E-state index contributed by atoms with van der Waals surface area (Å²) in [6.07, 6.45) is -3.78. The number of halogens is 3. The minimum absolute atomic E-state index is 0.0157. The van der Waals surface area contributed by atoms with Crippen molar-refractivity contribution in [2.45, 2.75) is 52.1 Å². The van der Waals surface area contributed by atoms with Crippen LogP contribution in [0.1, 0.15) is 57.1 Å². The lowest BCUT2D eigenvalue weighted by atomic mass is 10.0. The van der Waals surface area contributed by atoms with E-state index >= 15 is 0 Å². The molecule has 0 spiro atoms. The van der Waals surface area contributed by atoms with Gasteiger partial charge in [0.05, 0.1) is 31.3 Å². The molecule has 0 aromatic heterocycles. The Bertz CT molecular complexity index is 1290. The van der Waals surface area contributed by atoms with Gasteiger partial charge in [-0.05, 0) is 54.8 Å². The molecule has 0 saturated carbocycles. The van der Waals surface area contributed by atoms with Gasteiger partial charge in [-0.2, -0.15) is 30.0 Å². The van der Waals surface area contributed by atoms with Crippen LogP contribution in [0.15, 0.2) is 53.7 Å². The zero-order chi connectivity index (χ0) is 29.8. The van der Waals surface area contributed by atoms with Crippen molar-refractivity contribution in [2.24, 2.45) is 5.16 Å². The standard InChI is InChI=1S/C26H34F3NO8S2/c1-4-17-39(31,32)37-19-20(3)21-7-11-23(12-8-21)35-15-6-16-36-24-13-9-22(10-14-24)25(26(27,28)29)30-38-40(33,34)18-5-2/h7-14,20H,4-6,15-19H2,1-3H3/b30-25-. The number of benzene rings is 2. The summed E-state index contributed by atoms with van der Waals surface area (Å²) in [6, 6.07) is 12.0. The van der Waals surface area contributed by atoms with Crippen LogP contribution in [0.2, 0.25) is 0 Å². The Labute approximate surface area is 233 Å². The van der Waals surface area contributed by atoms with Gasteiger partial charge in [0, 0.05) is 17.9 Å². The van der Waals surface area contributed by atoms with E-state index in [-0.39, 0.29) is 36.9 Å². The molecule has 1 atom stereocenters. The van der Waals surface area contributed by atoms with Crippen LogP contribution in [0.5, 0.6) is 11.5 Å². The average Bonchev–Trinajstić information content (AvgIpc) is 2.87. The van der Waals surface area contributed by atoms with Crippen molar-refractivity contribution >= 4 is 25.9 Å². The van der Waals surface area contributed by atoms with E-state index in [0.29, 0.717) is 30.9 Å². The molecule has 0 aliphatic carbocycles. The molecule has 0 bridgehead atoms. The summed E-state index contributed by atoms with van der Waals surface area (Å²) >= 11 is 0. The van der Waals surface area contributed by atoms with Crippen LogP contribution in [0.4, 0.5) is 13.2 Å². The molecule has 0 heterocycles. The monoisotopic (exact) mass is 609 g/mol. The highest BCUT2D eigenvalue weighted by Gasteiger charge is 2.38. The van der Waals surface area contributed by atoms with Gasteiger partial charge in [-0.1, -0.05) is 38.1 Å². The van der Waals surface area contributed by atoms with E-state index < -0.39 is 37.9 Å². The molecule has 0 fully saturated rings. The Morgan fingerprint density at radius 1 is 0.825 bits per heavy atom. The van der Waals surface area contributed by atoms with Crippen molar-refractivity contribution in [3.05, 3.63) is 59.7 Å². The molecule has 9 nitrogen and oxygen atoms in total. The molecule has 0 aliphatic heterocycles. The molecule has 1 unspecified atom stereocenters. The van der Waals surface area contributed by atoms with Crippen molar-refractivity contribution in [3.63, 3.8) is 0 Å². The number of alkyl halides is 3. The minimum Gasteiger partial charge on any atom is -0.493 e. The van der Waals surface area contributed by atoms with Crippen molar-refractivity contribution in [2.75, 3.05) is 31.3 Å². The first-order valence-electron chi connectivity index (χ1n) is 12.7. The van der Waals surface area contributed by atoms with Crippen LogP contribution in [0.25, 0.3) is 0 Å². The minimum atomic E-state index is -4.93. The van der Waals surface area contributed by atoms with E-state index in [1.54, 1.807) is 26.0 Å². The molecule has 2 aromatic carbocycles. The van der Waals surface area contributed by atoms with Gasteiger partial charge in [0.2, 0.25) is 0 Å². The summed E-state index contributed by atoms with van der Waals surface area (Å²) in [5, 5.41) is 2.86. The summed E-state index contributed by atoms with van der Waals surface area (Å²) in [5.74, 6) is 0.331. The van der Waals surface area contributed by atoms with E-state index in [1.807, 2.05) is 19.1 Å². The molecule has 0 aliphatic rings. The number of hydrogen-bond donors (Lipinski definition) is 0. The van der Waals surface area contributed by atoms with Crippen molar-refractivity contribution in [3.8, 4) is 11.5 Å². The number of hydrogen-bond acceptors (Lipinski definition) is 9. The van der Waals surface area contributed by atoms with Crippen molar-refractivity contribution in [1.29, 1.82) is 0 Å². The average molecular weight is 610 g/mol. The molecule has 0 saturated heterocycles. The fraction of sp³-hybridized carbons (Fsp3) is 0.500. The zero-order valence-corrected chi connectivity index (χ0v) is 24.1. The topological polar surface area (TPSA) is 118 Å². The Kier molecular flexibility index (Phi) is 12.7. The fourth-order valence-corrected chi connectivity index (χ4v) is 5.09. The first kappa shape index (κ1) is 33.4. The smallest absolute Gasteiger partial charge is 0.437 e. The van der Waals surface area contributed by atoms with E-state index in [9.17, 15) is 30.0 Å². The van der Waals surface area contributed by atoms with Gasteiger partial charge >= 0.3 is 16.3 Å². The Hall–Kier alpha value is -2.84. The molecular formula is C26H34F3NO8S2. The normalized spacial score (nSPS) is 13.6. The molecule has 40 heavy (non-hydrogen) atoms. The van der Waals surface area contributed by atoms with E-state index in [4.69, 9.17) is 13.7 Å². The maximum absolute atomic E-state index is 13.4. The second kappa shape index (κ2) is 15.2. The first-order chi connectivity index (χ1) is 18.8. The molecule has 224 valence electrons. The summed E-state index contributed by atoms with van der Waals surface area (Å²) < 4.78 is 107. The maximum Gasteiger partial charge on any atom is 0.437 e. The van der Waals surface area contributed by atoms with Crippen LogP contribution in [-0.2, 0) is 28.7 Å². The van der Waals surface area contributed by atoms with Gasteiger partial charge in [-0.15, -0.1) is 0 Å². The molecule has 0 radical (unpaired) electrons. The molecule has 2 aromatic rings. The molecule has 2 rings (SSSR count). The quantitative estimate of drug-likeness (QED) is 0.101. The Balaban J connectivity index is 1.82. The number of rotatable bonds is 17. The maximum atomic E-state index is 13.4. The predicted molar refractivity (Wildman–Crippen MR) is 145 cm³/mol. The van der Waals surface area contributed by atoms with Gasteiger partial charge in [-0.25, -0.2) is 0 Å². The fourth-order valence-electron chi connectivity index (χ4n) is 3.30. The second-order valence-corrected chi connectivity index (χ2v) is 12.3. The van der Waals surface area contributed by atoms with E-state index in [0.717, 1.165) is 17.7 Å². The second-order valence-electron chi connectivity index (χ2n) is 8.87. The third-order valence-electron chi connectivity index (χ3n) is 5.32. The van der Waals surface area contributed by atoms with E-state index in [2.05, 4.69) is 9.44 Å². The van der Waals surface area contributed by atoms with Gasteiger partial charge in [0.15, 0.2) is 5.71 Å². The Morgan fingerprint density at radius 3 is 1.82 bits per heavy atom. The predicted octanol–water partition coefficient (Wildman–Crippen LogP) is 5.42. The molecule has 14 heteroatoms. The van der Waals surface area contributed by atoms with Crippen molar-refractivity contribution in [1.82, 2.24) is 0 Å². The van der Waals surface area contributed by atoms with Gasteiger partial charge < -0.3 is 9.47 Å². The van der Waals surface area contributed by atoms with Gasteiger partial charge in [0.1, 0.15) is 11.5 Å².